The fourth-order valence-corrected chi connectivity index (χ4v) is 2.78. The van der Waals surface area contributed by atoms with Crippen LogP contribution >= 0.6 is 11.6 Å². The third-order valence-corrected chi connectivity index (χ3v) is 4.19. The summed E-state index contributed by atoms with van der Waals surface area (Å²) in [4.78, 5) is 12.3. The summed E-state index contributed by atoms with van der Waals surface area (Å²) in [5.74, 6) is -0.128. The van der Waals surface area contributed by atoms with Gasteiger partial charge in [-0.2, -0.15) is 0 Å². The first kappa shape index (κ1) is 16.3. The van der Waals surface area contributed by atoms with Gasteiger partial charge in [-0.25, -0.2) is 0 Å². The van der Waals surface area contributed by atoms with Crippen molar-refractivity contribution in [1.82, 2.24) is 5.32 Å². The Bertz CT molecular complexity index is 828. The minimum Gasteiger partial charge on any atom is -0.346 e. The molecule has 0 heterocycles. The highest BCUT2D eigenvalue weighted by Gasteiger charge is 2.11. The van der Waals surface area contributed by atoms with Crippen molar-refractivity contribution in [1.29, 1.82) is 0 Å². The Kier molecular flexibility index (Phi) is 4.97. The lowest BCUT2D eigenvalue weighted by Gasteiger charge is -2.15. The van der Waals surface area contributed by atoms with Crippen LogP contribution in [0.3, 0.4) is 0 Å². The van der Waals surface area contributed by atoms with Gasteiger partial charge >= 0.3 is 0 Å². The molecule has 0 saturated carbocycles. The standard InChI is InChI=1S/C21H18ClNO/c1-15(23-21(24)19-8-5-9-20(22)14-19)16-10-12-18(13-11-16)17-6-3-2-4-7-17/h2-15H,1H3,(H,23,24)/t15-/m1/s1. The van der Waals surface area contributed by atoms with Gasteiger partial charge in [0.2, 0.25) is 0 Å². The number of hydrogen-bond acceptors (Lipinski definition) is 1. The van der Waals surface area contributed by atoms with Crippen LogP contribution in [0, 0.1) is 0 Å². The van der Waals surface area contributed by atoms with E-state index in [-0.39, 0.29) is 11.9 Å². The molecule has 0 unspecified atom stereocenters. The van der Waals surface area contributed by atoms with E-state index in [0.29, 0.717) is 10.6 Å². The molecular formula is C21H18ClNO. The molecule has 0 aliphatic heterocycles. The average molecular weight is 336 g/mol. The van der Waals surface area contributed by atoms with Crippen molar-refractivity contribution in [2.24, 2.45) is 0 Å². The molecule has 1 N–H and O–H groups in total. The van der Waals surface area contributed by atoms with E-state index in [2.05, 4.69) is 29.6 Å². The normalized spacial score (nSPS) is 11.8. The van der Waals surface area contributed by atoms with Crippen LogP contribution in [-0.4, -0.2) is 5.91 Å². The summed E-state index contributed by atoms with van der Waals surface area (Å²) in [5.41, 5.74) is 3.97. The highest BCUT2D eigenvalue weighted by molar-refractivity contribution is 6.30. The molecule has 1 amide bonds. The van der Waals surface area contributed by atoms with Gasteiger partial charge in [0.1, 0.15) is 0 Å². The zero-order chi connectivity index (χ0) is 16.9. The topological polar surface area (TPSA) is 29.1 Å². The summed E-state index contributed by atoms with van der Waals surface area (Å²) in [6.45, 7) is 1.97. The fraction of sp³-hybridized carbons (Fsp3) is 0.0952. The van der Waals surface area contributed by atoms with Crippen LogP contribution in [-0.2, 0) is 0 Å². The fourth-order valence-electron chi connectivity index (χ4n) is 2.59. The van der Waals surface area contributed by atoms with Gasteiger partial charge in [0.05, 0.1) is 6.04 Å². The van der Waals surface area contributed by atoms with E-state index in [1.54, 1.807) is 24.3 Å². The van der Waals surface area contributed by atoms with Gasteiger partial charge in [-0.3, -0.25) is 4.79 Å². The molecule has 0 bridgehead atoms. The molecule has 0 spiro atoms. The summed E-state index contributed by atoms with van der Waals surface area (Å²) in [7, 11) is 0. The molecule has 3 heteroatoms. The number of nitrogens with one attached hydrogen (secondary N) is 1. The minimum atomic E-state index is -0.128. The van der Waals surface area contributed by atoms with Crippen molar-refractivity contribution in [3.8, 4) is 11.1 Å². The predicted octanol–water partition coefficient (Wildman–Crippen LogP) is 5.50. The van der Waals surface area contributed by atoms with Gasteiger partial charge in [-0.15, -0.1) is 0 Å². The first-order valence-electron chi connectivity index (χ1n) is 7.85. The first-order chi connectivity index (χ1) is 11.6. The summed E-state index contributed by atoms with van der Waals surface area (Å²) < 4.78 is 0. The van der Waals surface area contributed by atoms with Gasteiger partial charge < -0.3 is 5.32 Å². The van der Waals surface area contributed by atoms with E-state index < -0.39 is 0 Å². The van der Waals surface area contributed by atoms with Gasteiger partial charge in [-0.1, -0.05) is 72.3 Å². The number of halogens is 1. The lowest BCUT2D eigenvalue weighted by Crippen LogP contribution is -2.26. The smallest absolute Gasteiger partial charge is 0.251 e. The lowest BCUT2D eigenvalue weighted by atomic mass is 10.0. The average Bonchev–Trinajstić information content (AvgIpc) is 2.62. The molecule has 1 atom stereocenters. The zero-order valence-electron chi connectivity index (χ0n) is 13.4. The zero-order valence-corrected chi connectivity index (χ0v) is 14.1. The van der Waals surface area contributed by atoms with E-state index in [1.165, 1.54) is 5.56 Å². The second kappa shape index (κ2) is 7.33. The third-order valence-electron chi connectivity index (χ3n) is 3.95. The Labute approximate surface area is 147 Å². The molecule has 0 aliphatic carbocycles. The van der Waals surface area contributed by atoms with Crippen molar-refractivity contribution in [2.45, 2.75) is 13.0 Å². The number of benzene rings is 3. The molecule has 0 aromatic heterocycles. The van der Waals surface area contributed by atoms with E-state index in [9.17, 15) is 4.79 Å². The Morgan fingerprint density at radius 1 is 0.875 bits per heavy atom. The van der Waals surface area contributed by atoms with Crippen molar-refractivity contribution in [3.63, 3.8) is 0 Å². The monoisotopic (exact) mass is 335 g/mol. The van der Waals surface area contributed by atoms with E-state index in [1.807, 2.05) is 37.3 Å². The van der Waals surface area contributed by atoms with E-state index >= 15 is 0 Å². The van der Waals surface area contributed by atoms with Crippen LogP contribution < -0.4 is 5.32 Å². The first-order valence-corrected chi connectivity index (χ1v) is 8.23. The van der Waals surface area contributed by atoms with Gasteiger partial charge in [0.15, 0.2) is 0 Å². The number of hydrogen-bond donors (Lipinski definition) is 1. The minimum absolute atomic E-state index is 0.0821. The highest BCUT2D eigenvalue weighted by atomic mass is 35.5. The number of carbonyl (C=O) groups excluding carboxylic acids is 1. The third kappa shape index (κ3) is 3.84. The quantitative estimate of drug-likeness (QED) is 0.670. The van der Waals surface area contributed by atoms with Crippen LogP contribution in [0.2, 0.25) is 5.02 Å². The molecule has 0 aliphatic rings. The Morgan fingerprint density at radius 3 is 2.21 bits per heavy atom. The van der Waals surface area contributed by atoms with Crippen LogP contribution in [0.4, 0.5) is 0 Å². The lowest BCUT2D eigenvalue weighted by molar-refractivity contribution is 0.0940. The van der Waals surface area contributed by atoms with Crippen molar-refractivity contribution < 1.29 is 4.79 Å². The second-order valence-corrected chi connectivity index (χ2v) is 6.13. The molecule has 2 nitrogen and oxygen atoms in total. The van der Waals surface area contributed by atoms with E-state index in [0.717, 1.165) is 11.1 Å². The number of rotatable bonds is 4. The van der Waals surface area contributed by atoms with Crippen molar-refractivity contribution >= 4 is 17.5 Å². The summed E-state index contributed by atoms with van der Waals surface area (Å²) in [5, 5.41) is 3.56. The molecular weight excluding hydrogens is 318 g/mol. The maximum atomic E-state index is 12.3. The van der Waals surface area contributed by atoms with Crippen molar-refractivity contribution in [2.75, 3.05) is 0 Å². The molecule has 3 rings (SSSR count). The molecule has 24 heavy (non-hydrogen) atoms. The molecule has 0 fully saturated rings. The summed E-state index contributed by atoms with van der Waals surface area (Å²) >= 11 is 5.94. The SMILES string of the molecule is C[C@@H](NC(=O)c1cccc(Cl)c1)c1ccc(-c2ccccc2)cc1. The van der Waals surface area contributed by atoms with Crippen LogP contribution in [0.5, 0.6) is 0 Å². The van der Waals surface area contributed by atoms with Crippen LogP contribution in [0.15, 0.2) is 78.9 Å². The van der Waals surface area contributed by atoms with Crippen molar-refractivity contribution in [3.05, 3.63) is 95.0 Å². The molecule has 0 radical (unpaired) electrons. The van der Waals surface area contributed by atoms with Gasteiger partial charge in [0, 0.05) is 10.6 Å². The van der Waals surface area contributed by atoms with Crippen LogP contribution in [0.25, 0.3) is 11.1 Å². The largest absolute Gasteiger partial charge is 0.346 e. The van der Waals surface area contributed by atoms with Gasteiger partial charge in [0.25, 0.3) is 5.91 Å². The molecule has 3 aromatic carbocycles. The maximum Gasteiger partial charge on any atom is 0.251 e. The molecule has 0 saturated heterocycles. The van der Waals surface area contributed by atoms with Gasteiger partial charge in [-0.05, 0) is 41.8 Å². The summed E-state index contributed by atoms with van der Waals surface area (Å²) in [6, 6.07) is 25.3. The second-order valence-electron chi connectivity index (χ2n) is 5.69. The Balaban J connectivity index is 1.71. The predicted molar refractivity (Wildman–Crippen MR) is 99.2 cm³/mol. The Hall–Kier alpha value is -2.58. The van der Waals surface area contributed by atoms with Crippen LogP contribution in [0.1, 0.15) is 28.9 Å². The maximum absolute atomic E-state index is 12.3. The Morgan fingerprint density at radius 2 is 1.54 bits per heavy atom. The summed E-state index contributed by atoms with van der Waals surface area (Å²) in [6.07, 6.45) is 0. The van der Waals surface area contributed by atoms with E-state index in [4.69, 9.17) is 11.6 Å². The number of amides is 1. The number of carbonyl (C=O) groups is 1. The molecule has 3 aromatic rings. The molecule has 120 valence electrons. The highest BCUT2D eigenvalue weighted by Crippen LogP contribution is 2.22.